The number of esters is 1. The number of hydrogen-bond donors (Lipinski definition) is 1. The fourth-order valence-electron chi connectivity index (χ4n) is 5.88. The summed E-state index contributed by atoms with van der Waals surface area (Å²) in [6.45, 7) is 3.86. The summed E-state index contributed by atoms with van der Waals surface area (Å²) in [7, 11) is 1.52. The Bertz CT molecular complexity index is 2250. The Hall–Kier alpha value is -5.00. The summed E-state index contributed by atoms with van der Waals surface area (Å²) in [5.74, 6) is -0.789. The number of amides is 1. The molecule has 1 aliphatic rings. The number of para-hydroxylation sites is 1. The third-order valence-electron chi connectivity index (χ3n) is 7.93. The van der Waals surface area contributed by atoms with Crippen LogP contribution in [0.1, 0.15) is 43.9 Å². The van der Waals surface area contributed by atoms with Crippen LogP contribution in [0.4, 0.5) is 10.1 Å². The van der Waals surface area contributed by atoms with Gasteiger partial charge in [0.15, 0.2) is 4.80 Å². The van der Waals surface area contributed by atoms with Gasteiger partial charge in [-0.2, -0.15) is 0 Å². The lowest BCUT2D eigenvalue weighted by molar-refractivity contribution is -0.139. The Kier molecular flexibility index (Phi) is 9.61. The summed E-state index contributed by atoms with van der Waals surface area (Å²) in [5.41, 5.74) is 2.99. The Morgan fingerprint density at radius 1 is 1.10 bits per heavy atom. The maximum Gasteiger partial charge on any atom is 0.338 e. The van der Waals surface area contributed by atoms with Crippen molar-refractivity contribution in [2.45, 2.75) is 39.3 Å². The van der Waals surface area contributed by atoms with Gasteiger partial charge in [-0.25, -0.2) is 14.2 Å². The Labute approximate surface area is 284 Å². The Balaban J connectivity index is 1.49. The maximum absolute atomic E-state index is 14.4. The Morgan fingerprint density at radius 2 is 1.88 bits per heavy atom. The molecule has 246 valence electrons. The van der Waals surface area contributed by atoms with E-state index < -0.39 is 17.8 Å². The monoisotopic (exact) mass is 686 g/mol. The highest BCUT2D eigenvalue weighted by Crippen LogP contribution is 2.38. The van der Waals surface area contributed by atoms with Crippen molar-refractivity contribution in [3.05, 3.63) is 126 Å². The van der Waals surface area contributed by atoms with Crippen LogP contribution in [-0.4, -0.2) is 34.7 Å². The number of benzene rings is 3. The van der Waals surface area contributed by atoms with Gasteiger partial charge in [0.05, 0.1) is 29.5 Å². The minimum absolute atomic E-state index is 0.00911. The fourth-order valence-corrected chi connectivity index (χ4v) is 7.08. The number of allylic oxidation sites excluding steroid dienone is 1. The lowest BCUT2D eigenvalue weighted by Gasteiger charge is -2.27. The van der Waals surface area contributed by atoms with Crippen molar-refractivity contribution in [1.82, 2.24) is 9.13 Å². The molecular formula is C36H32ClFN4O5S. The predicted octanol–water partition coefficient (Wildman–Crippen LogP) is 5.97. The number of ether oxygens (including phenoxy) is 2. The van der Waals surface area contributed by atoms with Gasteiger partial charge < -0.3 is 19.4 Å². The van der Waals surface area contributed by atoms with Crippen LogP contribution in [0, 0.1) is 5.82 Å². The third kappa shape index (κ3) is 6.43. The highest BCUT2D eigenvalue weighted by molar-refractivity contribution is 7.07. The minimum atomic E-state index is -0.894. The number of aromatic nitrogens is 2. The molecule has 0 spiro atoms. The van der Waals surface area contributed by atoms with Crippen molar-refractivity contribution in [1.29, 1.82) is 0 Å². The molecule has 0 bridgehead atoms. The van der Waals surface area contributed by atoms with Crippen molar-refractivity contribution in [3.8, 4) is 5.75 Å². The summed E-state index contributed by atoms with van der Waals surface area (Å²) >= 11 is 7.67. The number of nitrogens with zero attached hydrogens (tertiary/aromatic N) is 3. The van der Waals surface area contributed by atoms with Gasteiger partial charge in [0.25, 0.3) is 5.56 Å². The summed E-state index contributed by atoms with van der Waals surface area (Å²) in [6, 6.07) is 17.3. The number of thiazole rings is 1. The second-order valence-corrected chi connectivity index (χ2v) is 12.5. The molecule has 0 saturated carbocycles. The molecule has 2 aromatic heterocycles. The second kappa shape index (κ2) is 14.0. The van der Waals surface area contributed by atoms with E-state index in [9.17, 15) is 18.8 Å². The van der Waals surface area contributed by atoms with Crippen LogP contribution in [0.25, 0.3) is 17.0 Å². The molecule has 0 aliphatic carbocycles. The molecule has 0 saturated heterocycles. The molecule has 3 aromatic carbocycles. The molecular weight excluding hydrogens is 655 g/mol. The van der Waals surface area contributed by atoms with E-state index in [2.05, 4.69) is 5.32 Å². The van der Waals surface area contributed by atoms with Gasteiger partial charge in [-0.1, -0.05) is 54.5 Å². The van der Waals surface area contributed by atoms with Crippen molar-refractivity contribution in [3.63, 3.8) is 0 Å². The lowest BCUT2D eigenvalue weighted by Crippen LogP contribution is -2.40. The van der Waals surface area contributed by atoms with Crippen LogP contribution >= 0.6 is 22.9 Å². The molecule has 1 amide bonds. The van der Waals surface area contributed by atoms with Gasteiger partial charge in [-0.05, 0) is 68.0 Å². The number of rotatable bonds is 10. The topological polar surface area (TPSA) is 104 Å². The fraction of sp³-hybridized carbons (Fsp3) is 0.222. The van der Waals surface area contributed by atoms with Crippen LogP contribution in [0.15, 0.2) is 94.0 Å². The SMILES string of the molecule is CCCC1=C(C(=O)OCC)[C@@H](c2cc(Cl)ccc2OC)n2c(s/c(=C/c3cn(CC(=O)Nc4ccc(F)cc4)c4ccccc34)c2=O)=N1. The van der Waals surface area contributed by atoms with Gasteiger partial charge >= 0.3 is 5.97 Å². The standard InChI is InChI=1S/C36H32ClFN4O5S/c1-4-8-27-32(35(45)47-5-2)33(26-18-22(37)11-16-29(26)46-3)42-34(44)30(48-36(42)40-27)17-21-19-41(28-10-7-6-9-25(21)28)20-31(43)39-24-14-12-23(38)13-15-24/h6-7,9-19,33H,4-5,8,20H2,1-3H3,(H,39,43)/b30-17+/t33-/m1/s1. The van der Waals surface area contributed by atoms with E-state index in [0.29, 0.717) is 49.9 Å². The summed E-state index contributed by atoms with van der Waals surface area (Å²) in [4.78, 5) is 46.1. The molecule has 3 heterocycles. The van der Waals surface area contributed by atoms with E-state index in [1.165, 1.54) is 47.3 Å². The molecule has 0 unspecified atom stereocenters. The first-order chi connectivity index (χ1) is 23.2. The number of carbonyl (C=O) groups is 2. The normalized spacial score (nSPS) is 14.5. The molecule has 1 N–H and O–H groups in total. The van der Waals surface area contributed by atoms with Crippen LogP contribution in [0.5, 0.6) is 5.75 Å². The number of nitrogens with one attached hydrogen (secondary N) is 1. The molecule has 9 nitrogen and oxygen atoms in total. The largest absolute Gasteiger partial charge is 0.496 e. The predicted molar refractivity (Wildman–Crippen MR) is 185 cm³/mol. The molecule has 12 heteroatoms. The molecule has 6 rings (SSSR count). The molecule has 48 heavy (non-hydrogen) atoms. The number of methoxy groups -OCH3 is 1. The van der Waals surface area contributed by atoms with Gasteiger partial charge in [-0.15, -0.1) is 0 Å². The van der Waals surface area contributed by atoms with E-state index in [1.807, 2.05) is 37.4 Å². The maximum atomic E-state index is 14.4. The van der Waals surface area contributed by atoms with E-state index in [0.717, 1.165) is 16.5 Å². The number of hydrogen-bond acceptors (Lipinski definition) is 7. The van der Waals surface area contributed by atoms with Crippen molar-refractivity contribution in [2.24, 2.45) is 4.99 Å². The highest BCUT2D eigenvalue weighted by atomic mass is 35.5. The van der Waals surface area contributed by atoms with E-state index in [1.54, 1.807) is 35.8 Å². The molecule has 1 aliphatic heterocycles. The van der Waals surface area contributed by atoms with Crippen molar-refractivity contribution in [2.75, 3.05) is 19.0 Å². The van der Waals surface area contributed by atoms with Gasteiger partial charge in [0, 0.05) is 38.9 Å². The number of carbonyl (C=O) groups excluding carboxylic acids is 2. The summed E-state index contributed by atoms with van der Waals surface area (Å²) in [6.07, 6.45) is 4.80. The quantitative estimate of drug-likeness (QED) is 0.182. The third-order valence-corrected chi connectivity index (χ3v) is 9.14. The van der Waals surface area contributed by atoms with Gasteiger partial charge in [-0.3, -0.25) is 14.2 Å². The molecule has 0 radical (unpaired) electrons. The lowest BCUT2D eigenvalue weighted by atomic mass is 9.93. The zero-order chi connectivity index (χ0) is 33.9. The summed E-state index contributed by atoms with van der Waals surface area (Å²) < 4.78 is 28.2. The minimum Gasteiger partial charge on any atom is -0.496 e. The highest BCUT2D eigenvalue weighted by Gasteiger charge is 2.36. The van der Waals surface area contributed by atoms with Gasteiger partial charge in [0.2, 0.25) is 5.91 Å². The van der Waals surface area contributed by atoms with Gasteiger partial charge in [0.1, 0.15) is 24.2 Å². The Morgan fingerprint density at radius 3 is 2.60 bits per heavy atom. The van der Waals surface area contributed by atoms with E-state index >= 15 is 0 Å². The first kappa shape index (κ1) is 32.9. The zero-order valence-electron chi connectivity index (χ0n) is 26.5. The number of anilines is 1. The second-order valence-electron chi connectivity index (χ2n) is 11.1. The average molecular weight is 687 g/mol. The molecule has 0 fully saturated rings. The van der Waals surface area contributed by atoms with Crippen molar-refractivity contribution >= 4 is 57.5 Å². The van der Waals surface area contributed by atoms with E-state index in [4.69, 9.17) is 26.1 Å². The van der Waals surface area contributed by atoms with Crippen LogP contribution < -0.4 is 24.9 Å². The van der Waals surface area contributed by atoms with E-state index in [-0.39, 0.29) is 30.2 Å². The van der Waals surface area contributed by atoms with Crippen molar-refractivity contribution < 1.29 is 23.5 Å². The number of fused-ring (bicyclic) bond motifs is 2. The smallest absolute Gasteiger partial charge is 0.338 e. The van der Waals surface area contributed by atoms with Crippen LogP contribution in [-0.2, 0) is 20.9 Å². The summed E-state index contributed by atoms with van der Waals surface area (Å²) in [5, 5.41) is 4.05. The first-order valence-electron chi connectivity index (χ1n) is 15.4. The molecule has 5 aromatic rings. The number of halogens is 2. The van der Waals surface area contributed by atoms with Crippen LogP contribution in [0.3, 0.4) is 0 Å². The zero-order valence-corrected chi connectivity index (χ0v) is 28.0. The van der Waals surface area contributed by atoms with Crippen LogP contribution in [0.2, 0.25) is 5.02 Å². The average Bonchev–Trinajstić information content (AvgIpc) is 3.57. The molecule has 1 atom stereocenters. The first-order valence-corrected chi connectivity index (χ1v) is 16.6.